The average Bonchev–Trinajstić information content (AvgIpc) is 2.71. The van der Waals surface area contributed by atoms with Gasteiger partial charge in [-0.2, -0.15) is 5.06 Å². The Balaban J connectivity index is 2.14. The number of carbonyl (C=O) groups is 2. The molecule has 1 unspecified atom stereocenters. The molecule has 0 aromatic heterocycles. The van der Waals surface area contributed by atoms with Gasteiger partial charge in [-0.25, -0.2) is 0 Å². The van der Waals surface area contributed by atoms with Crippen LogP contribution in [-0.2, 0) is 4.79 Å². The molecule has 1 heterocycles. The van der Waals surface area contributed by atoms with Crippen LogP contribution in [0.3, 0.4) is 0 Å². The van der Waals surface area contributed by atoms with E-state index >= 15 is 0 Å². The Labute approximate surface area is 111 Å². The third kappa shape index (κ3) is 1.59. The first-order chi connectivity index (χ1) is 9.02. The third-order valence-electron chi connectivity index (χ3n) is 3.81. The second kappa shape index (κ2) is 3.95. The summed E-state index contributed by atoms with van der Waals surface area (Å²) < 4.78 is 0. The zero-order valence-corrected chi connectivity index (χ0v) is 11.2. The van der Waals surface area contributed by atoms with Crippen LogP contribution in [0.2, 0.25) is 0 Å². The molecule has 19 heavy (non-hydrogen) atoms. The van der Waals surface area contributed by atoms with E-state index in [1.54, 1.807) is 13.1 Å². The van der Waals surface area contributed by atoms with Crippen molar-refractivity contribution < 1.29 is 14.4 Å². The van der Waals surface area contributed by atoms with Gasteiger partial charge < -0.3 is 4.84 Å². The van der Waals surface area contributed by atoms with Gasteiger partial charge in [-0.05, 0) is 37.1 Å². The fourth-order valence-corrected chi connectivity index (χ4v) is 2.63. The number of hydrogen-bond acceptors (Lipinski definition) is 3. The first-order valence-electron chi connectivity index (χ1n) is 6.41. The van der Waals surface area contributed by atoms with Gasteiger partial charge in [-0.15, -0.1) is 0 Å². The van der Waals surface area contributed by atoms with Gasteiger partial charge in [0.1, 0.15) is 0 Å². The zero-order chi connectivity index (χ0) is 13.7. The molecule has 1 atom stereocenters. The molecule has 0 spiro atoms. The molecule has 0 saturated carbocycles. The number of benzene rings is 1. The molecule has 0 bridgehead atoms. The smallest absolute Gasteiger partial charge is 0.262 e. The van der Waals surface area contributed by atoms with E-state index in [0.29, 0.717) is 17.7 Å². The molecule has 1 amide bonds. The van der Waals surface area contributed by atoms with E-state index in [9.17, 15) is 9.59 Å². The van der Waals surface area contributed by atoms with Crippen molar-refractivity contribution in [3.05, 3.63) is 34.4 Å². The number of allylic oxidation sites excluding steroid dienone is 1. The summed E-state index contributed by atoms with van der Waals surface area (Å²) in [7, 11) is 1.59. The van der Waals surface area contributed by atoms with E-state index in [2.05, 4.69) is 0 Å². The fourth-order valence-electron chi connectivity index (χ4n) is 2.63. The highest BCUT2D eigenvalue weighted by atomic mass is 16.7. The van der Waals surface area contributed by atoms with E-state index in [-0.39, 0.29) is 17.6 Å². The number of nitrogens with zero attached hydrogens (tertiary/aromatic N) is 1. The van der Waals surface area contributed by atoms with Gasteiger partial charge in [0.2, 0.25) is 0 Å². The molecule has 4 heteroatoms. The second-order valence-electron chi connectivity index (χ2n) is 4.98. The normalized spacial score (nSPS) is 20.9. The van der Waals surface area contributed by atoms with Crippen molar-refractivity contribution in [3.8, 4) is 5.75 Å². The van der Waals surface area contributed by atoms with Crippen molar-refractivity contribution in [1.82, 2.24) is 5.06 Å². The molecule has 1 aliphatic carbocycles. The predicted octanol–water partition coefficient (Wildman–Crippen LogP) is 2.55. The summed E-state index contributed by atoms with van der Waals surface area (Å²) in [5.74, 6) is 0.355. The van der Waals surface area contributed by atoms with Crippen LogP contribution < -0.4 is 4.84 Å². The molecule has 3 rings (SSSR count). The van der Waals surface area contributed by atoms with Crippen molar-refractivity contribution in [3.63, 3.8) is 0 Å². The van der Waals surface area contributed by atoms with Crippen molar-refractivity contribution >= 4 is 17.8 Å². The molecular formula is C15H15NO3. The maximum absolute atomic E-state index is 12.1. The first kappa shape index (κ1) is 12.0. The van der Waals surface area contributed by atoms with Crippen LogP contribution in [0.1, 0.15) is 47.7 Å². The lowest BCUT2D eigenvalue weighted by Gasteiger charge is -2.29. The fraction of sp³-hybridized carbons (Fsp3) is 0.333. The summed E-state index contributed by atoms with van der Waals surface area (Å²) >= 11 is 0. The highest BCUT2D eigenvalue weighted by molar-refractivity contribution is 6.18. The number of likely N-dealkylation sites (N-methyl/N-ethyl adjacent to an activating group) is 1. The summed E-state index contributed by atoms with van der Waals surface area (Å²) in [5.41, 5.74) is 3.23. The Bertz CT molecular complexity index is 631. The van der Waals surface area contributed by atoms with E-state index in [4.69, 9.17) is 4.84 Å². The molecular weight excluding hydrogens is 242 g/mol. The van der Waals surface area contributed by atoms with E-state index in [0.717, 1.165) is 16.7 Å². The quantitative estimate of drug-likeness (QED) is 0.776. The van der Waals surface area contributed by atoms with Gasteiger partial charge in [-0.1, -0.05) is 6.92 Å². The van der Waals surface area contributed by atoms with Crippen LogP contribution in [0.5, 0.6) is 5.75 Å². The molecule has 0 radical (unpaired) electrons. The monoisotopic (exact) mass is 257 g/mol. The minimum atomic E-state index is -0.242. The minimum absolute atomic E-state index is 0.0658. The largest absolute Gasteiger partial charge is 0.377 e. The molecule has 98 valence electrons. The number of rotatable bonds is 1. The Kier molecular flexibility index (Phi) is 2.49. The number of ketones is 1. The van der Waals surface area contributed by atoms with Gasteiger partial charge in [0, 0.05) is 23.7 Å². The van der Waals surface area contributed by atoms with Gasteiger partial charge in [0.25, 0.3) is 5.91 Å². The summed E-state index contributed by atoms with van der Waals surface area (Å²) in [6.45, 7) is 3.82. The summed E-state index contributed by atoms with van der Waals surface area (Å²) in [5, 5.41) is 1.23. The molecule has 4 nitrogen and oxygen atoms in total. The van der Waals surface area contributed by atoms with Crippen molar-refractivity contribution in [2.45, 2.75) is 26.2 Å². The lowest BCUT2D eigenvalue weighted by atomic mass is 9.94. The number of amides is 1. The molecule has 2 aliphatic rings. The van der Waals surface area contributed by atoms with Crippen LogP contribution >= 0.6 is 0 Å². The Morgan fingerprint density at radius 2 is 2.05 bits per heavy atom. The third-order valence-corrected chi connectivity index (χ3v) is 3.81. The Morgan fingerprint density at radius 3 is 2.74 bits per heavy atom. The molecule has 1 aromatic rings. The van der Waals surface area contributed by atoms with Gasteiger partial charge in [0.05, 0.1) is 5.92 Å². The molecule has 1 aliphatic heterocycles. The summed E-state index contributed by atoms with van der Waals surface area (Å²) in [6, 6.07) is 3.66. The van der Waals surface area contributed by atoms with Crippen LogP contribution in [0.25, 0.3) is 6.08 Å². The maximum atomic E-state index is 12.1. The average molecular weight is 257 g/mol. The van der Waals surface area contributed by atoms with Crippen LogP contribution in [-0.4, -0.2) is 23.8 Å². The first-order valence-corrected chi connectivity index (χ1v) is 6.41. The highest BCUT2D eigenvalue weighted by Gasteiger charge is 2.33. The highest BCUT2D eigenvalue weighted by Crippen LogP contribution is 2.38. The number of fused-ring (bicyclic) bond motifs is 2. The van der Waals surface area contributed by atoms with Crippen molar-refractivity contribution in [1.29, 1.82) is 0 Å². The number of hydrogen-bond donors (Lipinski definition) is 0. The number of carbonyl (C=O) groups excluding carboxylic acids is 2. The van der Waals surface area contributed by atoms with E-state index < -0.39 is 0 Å². The number of hydroxylamine groups is 2. The Hall–Kier alpha value is -2.10. The van der Waals surface area contributed by atoms with Crippen molar-refractivity contribution in [2.75, 3.05) is 7.05 Å². The lowest BCUT2D eigenvalue weighted by molar-refractivity contribution is -0.157. The second-order valence-corrected chi connectivity index (χ2v) is 4.98. The standard InChI is InChI=1S/C15H15NO3/c1-4-9-5-10-6-11-8(2)15(18)16(3)19-13(11)7-12(10)14(9)17/h5-8H,4H2,1-3H3. The molecule has 0 N–H and O–H groups in total. The van der Waals surface area contributed by atoms with Crippen LogP contribution in [0, 0.1) is 0 Å². The predicted molar refractivity (Wildman–Crippen MR) is 70.9 cm³/mol. The van der Waals surface area contributed by atoms with Crippen LogP contribution in [0.15, 0.2) is 17.7 Å². The lowest BCUT2D eigenvalue weighted by Crippen LogP contribution is -2.37. The van der Waals surface area contributed by atoms with E-state index in [1.807, 2.05) is 26.0 Å². The van der Waals surface area contributed by atoms with Gasteiger partial charge in [0.15, 0.2) is 11.5 Å². The molecule has 0 saturated heterocycles. The number of Topliss-reactive ketones (excluding diaryl/α,β-unsaturated/α-hetero) is 1. The summed E-state index contributed by atoms with van der Waals surface area (Å²) in [6.07, 6.45) is 2.63. The van der Waals surface area contributed by atoms with Crippen LogP contribution in [0.4, 0.5) is 0 Å². The molecule has 1 aromatic carbocycles. The van der Waals surface area contributed by atoms with Gasteiger partial charge >= 0.3 is 0 Å². The minimum Gasteiger partial charge on any atom is -0.377 e. The SMILES string of the molecule is CCC1=Cc2cc3c(cc2C1=O)ON(C)C(=O)C3C. The summed E-state index contributed by atoms with van der Waals surface area (Å²) in [4.78, 5) is 29.5. The molecule has 0 fully saturated rings. The van der Waals surface area contributed by atoms with E-state index in [1.165, 1.54) is 5.06 Å². The maximum Gasteiger partial charge on any atom is 0.262 e. The zero-order valence-electron chi connectivity index (χ0n) is 11.2. The topological polar surface area (TPSA) is 46.6 Å². The Morgan fingerprint density at radius 1 is 1.32 bits per heavy atom. The van der Waals surface area contributed by atoms with Crippen molar-refractivity contribution in [2.24, 2.45) is 0 Å². The van der Waals surface area contributed by atoms with Gasteiger partial charge in [-0.3, -0.25) is 9.59 Å².